The van der Waals surface area contributed by atoms with Gasteiger partial charge >= 0.3 is 5.97 Å². The Hall–Kier alpha value is -0.410. The van der Waals surface area contributed by atoms with Gasteiger partial charge in [0.2, 0.25) is 10.0 Å². The number of rotatable bonds is 5. The predicted octanol–water partition coefficient (Wildman–Crippen LogP) is 2.17. The van der Waals surface area contributed by atoms with E-state index < -0.39 is 16.0 Å². The maximum atomic E-state index is 12.3. The van der Waals surface area contributed by atoms with Crippen LogP contribution in [-0.4, -0.2) is 48.5 Å². The van der Waals surface area contributed by atoms with Crippen molar-refractivity contribution in [1.82, 2.24) is 4.72 Å². The van der Waals surface area contributed by atoms with Crippen LogP contribution in [0.3, 0.4) is 0 Å². The summed E-state index contributed by atoms with van der Waals surface area (Å²) in [6.07, 6.45) is 0. The number of benzene rings is 1. The topological polar surface area (TPSA) is 83.5 Å². The first kappa shape index (κ1) is 17.0. The highest BCUT2D eigenvalue weighted by atomic mass is 35.5. The first-order valence-electron chi connectivity index (χ1n) is 6.12. The maximum Gasteiger partial charge on any atom is 0.335 e. The summed E-state index contributed by atoms with van der Waals surface area (Å²) in [5, 5.41) is 9.17. The molecule has 9 heteroatoms. The van der Waals surface area contributed by atoms with Crippen LogP contribution in [0.5, 0.6) is 0 Å². The molecule has 1 unspecified atom stereocenters. The Kier molecular flexibility index (Phi) is 5.84. The number of nitrogens with one attached hydrogen (secondary N) is 1. The second-order valence-electron chi connectivity index (χ2n) is 4.37. The molecule has 21 heavy (non-hydrogen) atoms. The van der Waals surface area contributed by atoms with Crippen LogP contribution in [0.1, 0.15) is 10.4 Å². The summed E-state index contributed by atoms with van der Waals surface area (Å²) < 4.78 is 27.0. The first-order valence-corrected chi connectivity index (χ1v) is 10.2. The standard InChI is InChI=1S/C12H14ClNO4S3/c13-10-2-1-8(12(15)16)5-11(10)21(17,18)14-6-9-7-19-3-4-20-9/h1-2,5,9,14H,3-4,6-7H2,(H,15,16). The van der Waals surface area contributed by atoms with Crippen LogP contribution in [0.2, 0.25) is 5.02 Å². The zero-order chi connectivity index (χ0) is 15.5. The van der Waals surface area contributed by atoms with Crippen molar-refractivity contribution in [2.75, 3.05) is 23.8 Å². The molecule has 5 nitrogen and oxygen atoms in total. The Morgan fingerprint density at radius 2 is 2.19 bits per heavy atom. The van der Waals surface area contributed by atoms with Crippen molar-refractivity contribution >= 4 is 51.1 Å². The lowest BCUT2D eigenvalue weighted by atomic mass is 10.2. The van der Waals surface area contributed by atoms with Gasteiger partial charge in [-0.1, -0.05) is 11.6 Å². The van der Waals surface area contributed by atoms with Crippen LogP contribution in [0, 0.1) is 0 Å². The van der Waals surface area contributed by atoms with E-state index in [1.54, 1.807) is 23.5 Å². The second-order valence-corrected chi connectivity index (χ2v) is 9.07. The van der Waals surface area contributed by atoms with E-state index in [0.29, 0.717) is 6.54 Å². The number of hydrogen-bond donors (Lipinski definition) is 2. The Labute approximate surface area is 136 Å². The van der Waals surface area contributed by atoms with E-state index >= 15 is 0 Å². The average Bonchev–Trinajstić information content (AvgIpc) is 2.46. The Balaban J connectivity index is 2.14. The van der Waals surface area contributed by atoms with Crippen molar-refractivity contribution < 1.29 is 18.3 Å². The molecule has 1 fully saturated rings. The van der Waals surface area contributed by atoms with Crippen molar-refractivity contribution in [1.29, 1.82) is 0 Å². The summed E-state index contributed by atoms with van der Waals surface area (Å²) in [5.74, 6) is 1.80. The number of carboxylic acid groups (broad SMARTS) is 1. The molecule has 1 aliphatic rings. The highest BCUT2D eigenvalue weighted by Crippen LogP contribution is 2.25. The van der Waals surface area contributed by atoms with Gasteiger partial charge in [0.25, 0.3) is 0 Å². The molecule has 1 atom stereocenters. The molecule has 1 aromatic rings. The summed E-state index contributed by atoms with van der Waals surface area (Å²) in [6.45, 7) is 0.313. The number of aromatic carboxylic acids is 1. The largest absolute Gasteiger partial charge is 0.478 e. The van der Waals surface area contributed by atoms with Gasteiger partial charge in [-0.25, -0.2) is 17.9 Å². The molecule has 0 amide bonds. The molecule has 2 N–H and O–H groups in total. The highest BCUT2D eigenvalue weighted by Gasteiger charge is 2.22. The summed E-state index contributed by atoms with van der Waals surface area (Å²) in [6, 6.07) is 3.64. The average molecular weight is 368 g/mol. The maximum absolute atomic E-state index is 12.3. The number of hydrogen-bond acceptors (Lipinski definition) is 5. The Morgan fingerprint density at radius 3 is 2.81 bits per heavy atom. The second kappa shape index (κ2) is 7.23. The first-order chi connectivity index (χ1) is 9.90. The van der Waals surface area contributed by atoms with Crippen LogP contribution < -0.4 is 4.72 Å². The van der Waals surface area contributed by atoms with Gasteiger partial charge in [-0.05, 0) is 18.2 Å². The summed E-state index contributed by atoms with van der Waals surface area (Å²) in [4.78, 5) is 10.7. The van der Waals surface area contributed by atoms with E-state index in [0.717, 1.165) is 23.3 Å². The highest BCUT2D eigenvalue weighted by molar-refractivity contribution is 8.06. The van der Waals surface area contributed by atoms with Gasteiger partial charge in [-0.15, -0.1) is 0 Å². The minimum absolute atomic E-state index is 0.0122. The van der Waals surface area contributed by atoms with Gasteiger partial charge < -0.3 is 5.11 Å². The lowest BCUT2D eigenvalue weighted by Crippen LogP contribution is -2.33. The fourth-order valence-electron chi connectivity index (χ4n) is 1.78. The lowest BCUT2D eigenvalue weighted by Gasteiger charge is -2.21. The number of carboxylic acids is 1. The molecule has 2 rings (SSSR count). The predicted molar refractivity (Wildman–Crippen MR) is 87.2 cm³/mol. The number of halogens is 1. The number of carbonyl (C=O) groups is 1. The van der Waals surface area contributed by atoms with E-state index in [-0.39, 0.29) is 20.7 Å². The van der Waals surface area contributed by atoms with Crippen molar-refractivity contribution in [3.05, 3.63) is 28.8 Å². The van der Waals surface area contributed by atoms with Gasteiger partial charge in [-0.3, -0.25) is 0 Å². The van der Waals surface area contributed by atoms with Crippen molar-refractivity contribution in [2.45, 2.75) is 10.1 Å². The smallest absolute Gasteiger partial charge is 0.335 e. The fourth-order valence-corrected chi connectivity index (χ4v) is 6.10. The van der Waals surface area contributed by atoms with Gasteiger partial charge in [0, 0.05) is 29.1 Å². The summed E-state index contributed by atoms with van der Waals surface area (Å²) in [7, 11) is -3.81. The van der Waals surface area contributed by atoms with Crippen molar-refractivity contribution in [2.24, 2.45) is 0 Å². The third kappa shape index (κ3) is 4.53. The number of sulfonamides is 1. The lowest BCUT2D eigenvalue weighted by molar-refractivity contribution is 0.0696. The van der Waals surface area contributed by atoms with Gasteiger partial charge in [0.15, 0.2) is 0 Å². The van der Waals surface area contributed by atoms with E-state index in [2.05, 4.69) is 4.72 Å². The molecule has 1 aliphatic heterocycles. The van der Waals surface area contributed by atoms with Gasteiger partial charge in [0.1, 0.15) is 4.90 Å². The normalized spacial score (nSPS) is 19.4. The quantitative estimate of drug-likeness (QED) is 0.829. The molecular formula is C12H14ClNO4S3. The minimum Gasteiger partial charge on any atom is -0.478 e. The molecule has 1 heterocycles. The van der Waals surface area contributed by atoms with E-state index in [1.807, 2.05) is 0 Å². The molecule has 0 spiro atoms. The molecule has 1 saturated heterocycles. The van der Waals surface area contributed by atoms with Gasteiger partial charge in [0.05, 0.1) is 10.6 Å². The molecular weight excluding hydrogens is 354 g/mol. The molecule has 116 valence electrons. The van der Waals surface area contributed by atoms with Crippen LogP contribution in [-0.2, 0) is 10.0 Å². The summed E-state index contributed by atoms with van der Waals surface area (Å²) >= 11 is 9.42. The summed E-state index contributed by atoms with van der Waals surface area (Å²) in [5.41, 5.74) is -0.109. The zero-order valence-corrected chi connectivity index (χ0v) is 14.1. The van der Waals surface area contributed by atoms with Crippen LogP contribution >= 0.6 is 35.1 Å². The molecule has 0 radical (unpaired) electrons. The Morgan fingerprint density at radius 1 is 1.43 bits per heavy atom. The zero-order valence-electron chi connectivity index (χ0n) is 10.9. The van der Waals surface area contributed by atoms with Crippen LogP contribution in [0.25, 0.3) is 0 Å². The van der Waals surface area contributed by atoms with Crippen molar-refractivity contribution in [3.8, 4) is 0 Å². The van der Waals surface area contributed by atoms with E-state index in [4.69, 9.17) is 16.7 Å². The third-order valence-corrected chi connectivity index (χ3v) is 7.60. The van der Waals surface area contributed by atoms with Gasteiger partial charge in [-0.2, -0.15) is 23.5 Å². The molecule has 0 aliphatic carbocycles. The van der Waals surface area contributed by atoms with E-state index in [9.17, 15) is 13.2 Å². The monoisotopic (exact) mass is 367 g/mol. The minimum atomic E-state index is -3.81. The van der Waals surface area contributed by atoms with E-state index in [1.165, 1.54) is 12.1 Å². The Bertz CT molecular complexity index is 629. The molecule has 0 aromatic heterocycles. The van der Waals surface area contributed by atoms with Crippen LogP contribution in [0.15, 0.2) is 23.1 Å². The fraction of sp³-hybridized carbons (Fsp3) is 0.417. The molecule has 0 bridgehead atoms. The number of thioether (sulfide) groups is 2. The molecule has 1 aromatic carbocycles. The SMILES string of the molecule is O=C(O)c1ccc(Cl)c(S(=O)(=O)NCC2CSCCS2)c1. The third-order valence-electron chi connectivity index (χ3n) is 2.85. The van der Waals surface area contributed by atoms with Crippen LogP contribution in [0.4, 0.5) is 0 Å². The van der Waals surface area contributed by atoms with Crippen molar-refractivity contribution in [3.63, 3.8) is 0 Å². The molecule has 0 saturated carbocycles.